The summed E-state index contributed by atoms with van der Waals surface area (Å²) in [6.07, 6.45) is 5.01. The lowest BCUT2D eigenvalue weighted by Gasteiger charge is -2.28. The average Bonchev–Trinajstić information content (AvgIpc) is 3.25. The molecule has 0 aliphatic carbocycles. The molecule has 12 nitrogen and oxygen atoms in total. The summed E-state index contributed by atoms with van der Waals surface area (Å²) in [7, 11) is 0.621. The predicted octanol–water partition coefficient (Wildman–Crippen LogP) is 1.54. The van der Waals surface area contributed by atoms with Crippen LogP contribution in [0.5, 0.6) is 0 Å². The lowest BCUT2D eigenvalue weighted by molar-refractivity contribution is 0.0996. The largest absolute Gasteiger partial charge is 0.371 e. The minimum Gasteiger partial charge on any atom is -0.371 e. The van der Waals surface area contributed by atoms with Crippen LogP contribution in [0.4, 0.5) is 23.0 Å². The molecule has 13 heteroatoms. The van der Waals surface area contributed by atoms with E-state index >= 15 is 0 Å². The van der Waals surface area contributed by atoms with Crippen LogP contribution < -0.4 is 21.3 Å². The number of aromatic nitrogens is 5. The highest BCUT2D eigenvalue weighted by Gasteiger charge is 2.23. The van der Waals surface area contributed by atoms with E-state index in [-0.39, 0.29) is 23.0 Å². The second kappa shape index (κ2) is 9.07. The second-order valence-electron chi connectivity index (χ2n) is 8.45. The lowest BCUT2D eigenvalue weighted by Crippen LogP contribution is -2.40. The first-order valence-corrected chi connectivity index (χ1v) is 13.1. The van der Waals surface area contributed by atoms with Crippen LogP contribution in [0.25, 0.3) is 22.3 Å². The summed E-state index contributed by atoms with van der Waals surface area (Å²) in [4.78, 5) is 32.3. The zero-order valence-electron chi connectivity index (χ0n) is 19.8. The monoisotopic (exact) mass is 507 g/mol. The maximum atomic E-state index is 12.3. The Morgan fingerprint density at radius 2 is 1.78 bits per heavy atom. The first kappa shape index (κ1) is 23.5. The van der Waals surface area contributed by atoms with E-state index in [4.69, 9.17) is 5.73 Å². The van der Waals surface area contributed by atoms with Crippen LogP contribution in [-0.4, -0.2) is 70.5 Å². The van der Waals surface area contributed by atoms with Crippen LogP contribution in [0.2, 0.25) is 0 Å². The van der Waals surface area contributed by atoms with Crippen LogP contribution >= 0.6 is 0 Å². The molecule has 4 N–H and O–H groups in total. The number of hydrogen-bond donors (Lipinski definition) is 3. The van der Waals surface area contributed by atoms with Crippen molar-refractivity contribution in [2.24, 2.45) is 12.8 Å². The molecule has 1 saturated heterocycles. The molecule has 3 aromatic heterocycles. The zero-order valence-corrected chi connectivity index (χ0v) is 20.6. The number of sulfone groups is 1. The van der Waals surface area contributed by atoms with Gasteiger partial charge in [-0.3, -0.25) is 9.78 Å². The van der Waals surface area contributed by atoms with Crippen molar-refractivity contribution < 1.29 is 13.2 Å². The minimum atomic E-state index is -2.95. The molecule has 0 atom stereocenters. The molecule has 0 radical (unpaired) electrons. The smallest absolute Gasteiger partial charge is 0.271 e. The fourth-order valence-electron chi connectivity index (χ4n) is 4.14. The Balaban J connectivity index is 1.47. The number of nitrogens with two attached hydrogens (primary N) is 1. The third kappa shape index (κ3) is 4.40. The molecule has 1 amide bonds. The van der Waals surface area contributed by atoms with E-state index in [0.717, 1.165) is 11.2 Å². The summed E-state index contributed by atoms with van der Waals surface area (Å²) in [5, 5.41) is 6.16. The fraction of sp³-hybridized carbons (Fsp3) is 0.261. The molecule has 1 aliphatic heterocycles. The summed E-state index contributed by atoms with van der Waals surface area (Å²) < 4.78 is 25.3. The van der Waals surface area contributed by atoms with Gasteiger partial charge in [-0.1, -0.05) is 0 Å². The van der Waals surface area contributed by atoms with E-state index in [1.165, 1.54) is 0 Å². The Morgan fingerprint density at radius 3 is 2.44 bits per heavy atom. The maximum Gasteiger partial charge on any atom is 0.271 e. The van der Waals surface area contributed by atoms with E-state index in [2.05, 4.69) is 30.6 Å². The van der Waals surface area contributed by atoms with Gasteiger partial charge in [0.05, 0.1) is 35.1 Å². The van der Waals surface area contributed by atoms with E-state index in [0.29, 0.717) is 41.4 Å². The molecule has 0 saturated carbocycles. The molecule has 4 heterocycles. The summed E-state index contributed by atoms with van der Waals surface area (Å²) in [5.74, 6) is 0.181. The normalized spacial score (nSPS) is 15.1. The van der Waals surface area contributed by atoms with Crippen molar-refractivity contribution in [3.8, 4) is 11.3 Å². The Morgan fingerprint density at radius 1 is 1.06 bits per heavy atom. The number of aryl methyl sites for hydroxylation is 1. The van der Waals surface area contributed by atoms with Crippen LogP contribution in [0, 0.1) is 0 Å². The van der Waals surface area contributed by atoms with Crippen molar-refractivity contribution >= 4 is 49.8 Å². The van der Waals surface area contributed by atoms with Gasteiger partial charge >= 0.3 is 0 Å². The Labute approximate surface area is 207 Å². The van der Waals surface area contributed by atoms with Gasteiger partial charge in [0.15, 0.2) is 27.2 Å². The number of imidazole rings is 1. The molecule has 186 valence electrons. The van der Waals surface area contributed by atoms with Crippen molar-refractivity contribution in [2.45, 2.75) is 0 Å². The molecule has 1 aromatic carbocycles. The van der Waals surface area contributed by atoms with E-state index < -0.39 is 15.7 Å². The molecule has 0 unspecified atom stereocenters. The number of primary amides is 1. The van der Waals surface area contributed by atoms with Gasteiger partial charge in [0.25, 0.3) is 5.91 Å². The van der Waals surface area contributed by atoms with Crippen molar-refractivity contribution in [3.05, 3.63) is 48.7 Å². The van der Waals surface area contributed by atoms with E-state index in [1.807, 2.05) is 40.8 Å². The van der Waals surface area contributed by atoms with Crippen molar-refractivity contribution in [1.29, 1.82) is 0 Å². The molecular weight excluding hydrogens is 482 g/mol. The third-order valence-electron chi connectivity index (χ3n) is 6.10. The molecule has 1 fully saturated rings. The van der Waals surface area contributed by atoms with Gasteiger partial charge in [0.2, 0.25) is 0 Å². The summed E-state index contributed by atoms with van der Waals surface area (Å²) >= 11 is 0. The SMILES string of the molecule is CNc1nc(Nc2ccc(N3CCS(=O)(=O)CC3)cc2)c(C(N)=O)nc1-c1cncc2c1ncn2C. The number of carbonyl (C=O) groups is 1. The number of nitrogens with one attached hydrogen (secondary N) is 2. The Hall–Kier alpha value is -4.26. The predicted molar refractivity (Wildman–Crippen MR) is 138 cm³/mol. The molecule has 0 bridgehead atoms. The molecular formula is C23H25N9O3S. The first-order chi connectivity index (χ1) is 17.3. The standard InChI is InChI=1S/C23H25N9O3S/c1-25-22-19(16-11-26-12-17-18(16)27-13-31(17)2)29-20(21(24)33)23(30-22)28-14-3-5-15(6-4-14)32-7-9-36(34,35)10-8-32/h3-6,11-13H,7-10H2,1-2H3,(H2,24,33)(H2,25,28,30). The molecule has 4 aromatic rings. The number of anilines is 4. The molecule has 36 heavy (non-hydrogen) atoms. The number of amides is 1. The quantitative estimate of drug-likeness (QED) is 0.349. The average molecular weight is 508 g/mol. The van der Waals surface area contributed by atoms with Crippen LogP contribution in [0.3, 0.4) is 0 Å². The number of benzene rings is 1. The lowest BCUT2D eigenvalue weighted by atomic mass is 10.1. The minimum absolute atomic E-state index is 0.0257. The van der Waals surface area contributed by atoms with E-state index in [1.54, 1.807) is 25.8 Å². The summed E-state index contributed by atoms with van der Waals surface area (Å²) in [6, 6.07) is 7.43. The Kier molecular flexibility index (Phi) is 5.92. The van der Waals surface area contributed by atoms with Gasteiger partial charge in [-0.15, -0.1) is 0 Å². The third-order valence-corrected chi connectivity index (χ3v) is 7.71. The number of nitrogens with zero attached hydrogens (tertiary/aromatic N) is 6. The fourth-order valence-corrected chi connectivity index (χ4v) is 5.34. The molecule has 5 rings (SSSR count). The molecule has 1 aliphatic rings. The van der Waals surface area contributed by atoms with Gasteiger partial charge in [0.1, 0.15) is 11.2 Å². The first-order valence-electron chi connectivity index (χ1n) is 11.2. The van der Waals surface area contributed by atoms with Crippen molar-refractivity contribution in [2.75, 3.05) is 47.2 Å². The number of pyridine rings is 1. The van der Waals surface area contributed by atoms with Gasteiger partial charge in [-0.2, -0.15) is 0 Å². The number of carbonyl (C=O) groups excluding carboxylic acids is 1. The zero-order chi connectivity index (χ0) is 25.4. The number of hydrogen-bond acceptors (Lipinski definition) is 10. The molecule has 0 spiro atoms. The highest BCUT2D eigenvalue weighted by molar-refractivity contribution is 7.91. The second-order valence-corrected chi connectivity index (χ2v) is 10.8. The van der Waals surface area contributed by atoms with Gasteiger partial charge in [-0.25, -0.2) is 23.4 Å². The van der Waals surface area contributed by atoms with Crippen molar-refractivity contribution in [3.63, 3.8) is 0 Å². The van der Waals surface area contributed by atoms with Crippen LogP contribution in [0.1, 0.15) is 10.5 Å². The van der Waals surface area contributed by atoms with E-state index in [9.17, 15) is 13.2 Å². The highest BCUT2D eigenvalue weighted by Crippen LogP contribution is 2.32. The van der Waals surface area contributed by atoms with Gasteiger partial charge < -0.3 is 25.8 Å². The van der Waals surface area contributed by atoms with Gasteiger partial charge in [-0.05, 0) is 24.3 Å². The highest BCUT2D eigenvalue weighted by atomic mass is 32.2. The van der Waals surface area contributed by atoms with Crippen LogP contribution in [-0.2, 0) is 16.9 Å². The van der Waals surface area contributed by atoms with Gasteiger partial charge in [0, 0.05) is 44.8 Å². The van der Waals surface area contributed by atoms with Crippen molar-refractivity contribution in [1.82, 2.24) is 24.5 Å². The number of fused-ring (bicyclic) bond motifs is 1. The number of rotatable bonds is 6. The summed E-state index contributed by atoms with van der Waals surface area (Å²) in [5.41, 5.74) is 9.75. The topological polar surface area (TPSA) is 161 Å². The Bertz CT molecular complexity index is 1550. The summed E-state index contributed by atoms with van der Waals surface area (Å²) in [6.45, 7) is 0.911. The maximum absolute atomic E-state index is 12.3. The van der Waals surface area contributed by atoms with Crippen LogP contribution in [0.15, 0.2) is 43.0 Å².